The number of carbonyl (C=O) groups excluding carboxylic acids is 1. The van der Waals surface area contributed by atoms with Crippen LogP contribution in [0.3, 0.4) is 0 Å². The van der Waals surface area contributed by atoms with Crippen LogP contribution in [0.15, 0.2) is 0 Å². The minimum Gasteiger partial charge on any atom is -0.299 e. The molecule has 2 heteroatoms. The maximum absolute atomic E-state index is 10.6. The molecule has 0 heterocycles. The van der Waals surface area contributed by atoms with E-state index < -0.39 is 0 Å². The average Bonchev–Trinajstić information content (AvgIpc) is 1.65. The number of alkyl halides is 1. The van der Waals surface area contributed by atoms with Gasteiger partial charge in [-0.15, -0.1) is 0 Å². The Bertz CT molecular complexity index is 78.6. The van der Waals surface area contributed by atoms with Crippen molar-refractivity contribution in [2.45, 2.75) is 20.3 Å². The van der Waals surface area contributed by atoms with E-state index in [-0.39, 0.29) is 0 Å². The minimum absolute atomic E-state index is 0.362. The van der Waals surface area contributed by atoms with Crippen molar-refractivity contribution in [3.63, 3.8) is 0 Å². The first-order valence-electron chi connectivity index (χ1n) is 2.74. The topological polar surface area (TPSA) is 17.1 Å². The standard InChI is InChI=1S/C6H11IO/c1-5(2)3-6(8)4-7/h5H,3-4H2,1-2H3. The summed E-state index contributed by atoms with van der Waals surface area (Å²) >= 11 is 2.10. The van der Waals surface area contributed by atoms with Crippen LogP contribution < -0.4 is 0 Å². The lowest BCUT2D eigenvalue weighted by Gasteiger charge is -1.98. The van der Waals surface area contributed by atoms with Gasteiger partial charge in [0.15, 0.2) is 0 Å². The van der Waals surface area contributed by atoms with E-state index >= 15 is 0 Å². The van der Waals surface area contributed by atoms with E-state index in [2.05, 4.69) is 36.4 Å². The molecule has 0 saturated heterocycles. The molecule has 0 bridgehead atoms. The van der Waals surface area contributed by atoms with Gasteiger partial charge in [-0.2, -0.15) is 0 Å². The van der Waals surface area contributed by atoms with Gasteiger partial charge < -0.3 is 0 Å². The van der Waals surface area contributed by atoms with Crippen molar-refractivity contribution in [2.24, 2.45) is 5.92 Å². The third kappa shape index (κ3) is 4.56. The molecule has 0 aromatic carbocycles. The summed E-state index contributed by atoms with van der Waals surface area (Å²) in [6.45, 7) is 4.12. The highest BCUT2D eigenvalue weighted by molar-refractivity contribution is 14.1. The molecule has 48 valence electrons. The van der Waals surface area contributed by atoms with Crippen molar-refractivity contribution < 1.29 is 4.79 Å². The second-order valence-electron chi connectivity index (χ2n) is 2.27. The van der Waals surface area contributed by atoms with Crippen molar-refractivity contribution in [1.82, 2.24) is 0 Å². The van der Waals surface area contributed by atoms with Crippen LogP contribution in [0, 0.1) is 5.92 Å². The molecule has 0 aliphatic heterocycles. The minimum atomic E-state index is 0.362. The van der Waals surface area contributed by atoms with E-state index in [9.17, 15) is 4.79 Å². The maximum atomic E-state index is 10.6. The SMILES string of the molecule is CC(C)CC(=O)CI. The van der Waals surface area contributed by atoms with Gasteiger partial charge in [0.2, 0.25) is 0 Å². The fourth-order valence-electron chi connectivity index (χ4n) is 0.510. The van der Waals surface area contributed by atoms with Gasteiger partial charge in [0.1, 0.15) is 5.78 Å². The van der Waals surface area contributed by atoms with Crippen LogP contribution in [0.4, 0.5) is 0 Å². The quantitative estimate of drug-likeness (QED) is 0.531. The Kier molecular flexibility index (Phi) is 4.51. The predicted molar refractivity (Wildman–Crippen MR) is 43.3 cm³/mol. The highest BCUT2D eigenvalue weighted by atomic mass is 127. The zero-order valence-electron chi connectivity index (χ0n) is 5.28. The molecule has 0 aliphatic carbocycles. The fourth-order valence-corrected chi connectivity index (χ4v) is 0.821. The van der Waals surface area contributed by atoms with Gasteiger partial charge in [-0.25, -0.2) is 0 Å². The molecule has 0 fully saturated rings. The van der Waals surface area contributed by atoms with E-state index in [1.54, 1.807) is 0 Å². The summed E-state index contributed by atoms with van der Waals surface area (Å²) in [7, 11) is 0. The fraction of sp³-hybridized carbons (Fsp3) is 0.833. The molecule has 0 radical (unpaired) electrons. The number of ketones is 1. The Balaban J connectivity index is 3.25. The molecular formula is C6H11IO. The number of hydrogen-bond donors (Lipinski definition) is 0. The van der Waals surface area contributed by atoms with Crippen LogP contribution >= 0.6 is 22.6 Å². The molecule has 0 saturated carbocycles. The van der Waals surface area contributed by atoms with Crippen LogP contribution in [0.1, 0.15) is 20.3 Å². The largest absolute Gasteiger partial charge is 0.299 e. The van der Waals surface area contributed by atoms with Crippen molar-refractivity contribution in [2.75, 3.05) is 4.43 Å². The van der Waals surface area contributed by atoms with Crippen molar-refractivity contribution >= 4 is 28.4 Å². The van der Waals surface area contributed by atoms with Gasteiger partial charge in [-0.3, -0.25) is 4.79 Å². The summed E-state index contributed by atoms with van der Waals surface area (Å²) in [5, 5.41) is 0. The Morgan fingerprint density at radius 2 is 2.12 bits per heavy atom. The molecule has 0 spiro atoms. The van der Waals surface area contributed by atoms with E-state index in [0.29, 0.717) is 16.1 Å². The number of Topliss-reactive ketones (excluding diaryl/α,β-unsaturated/α-hetero) is 1. The number of halogens is 1. The molecule has 0 atom stereocenters. The second-order valence-corrected chi connectivity index (χ2v) is 3.03. The van der Waals surface area contributed by atoms with Crippen molar-refractivity contribution in [3.8, 4) is 0 Å². The van der Waals surface area contributed by atoms with Crippen LogP contribution in [0.25, 0.3) is 0 Å². The molecule has 0 rings (SSSR count). The summed E-state index contributed by atoms with van der Waals surface area (Å²) in [6.07, 6.45) is 0.739. The molecule has 1 nitrogen and oxygen atoms in total. The molecule has 0 unspecified atom stereocenters. The van der Waals surface area contributed by atoms with Gasteiger partial charge in [-0.05, 0) is 5.92 Å². The van der Waals surface area contributed by atoms with Crippen LogP contribution in [-0.4, -0.2) is 10.2 Å². The summed E-state index contributed by atoms with van der Waals surface area (Å²) < 4.78 is 0.663. The molecule has 0 N–H and O–H groups in total. The molecule has 0 amide bonds. The zero-order valence-corrected chi connectivity index (χ0v) is 7.44. The highest BCUT2D eigenvalue weighted by Gasteiger charge is 2.00. The van der Waals surface area contributed by atoms with Crippen molar-refractivity contribution in [3.05, 3.63) is 0 Å². The van der Waals surface area contributed by atoms with Gasteiger partial charge in [0.05, 0.1) is 4.43 Å². The Labute approximate surface area is 64.0 Å². The number of carbonyl (C=O) groups is 1. The number of hydrogen-bond acceptors (Lipinski definition) is 1. The zero-order chi connectivity index (χ0) is 6.57. The van der Waals surface area contributed by atoms with E-state index in [1.807, 2.05) is 0 Å². The maximum Gasteiger partial charge on any atom is 0.142 e. The molecule has 0 aromatic heterocycles. The summed E-state index contributed by atoms with van der Waals surface area (Å²) in [5.41, 5.74) is 0. The Hall–Kier alpha value is 0.400. The van der Waals surface area contributed by atoms with E-state index in [0.717, 1.165) is 6.42 Å². The van der Waals surface area contributed by atoms with Crippen LogP contribution in [0.5, 0.6) is 0 Å². The Morgan fingerprint density at radius 1 is 1.62 bits per heavy atom. The first kappa shape index (κ1) is 8.40. The van der Waals surface area contributed by atoms with Gasteiger partial charge in [-0.1, -0.05) is 36.4 Å². The van der Waals surface area contributed by atoms with E-state index in [1.165, 1.54) is 0 Å². The van der Waals surface area contributed by atoms with Crippen molar-refractivity contribution in [1.29, 1.82) is 0 Å². The predicted octanol–water partition coefficient (Wildman–Crippen LogP) is 2.04. The molecule has 0 aliphatic rings. The van der Waals surface area contributed by atoms with Gasteiger partial charge in [0, 0.05) is 6.42 Å². The molecule has 0 aromatic rings. The highest BCUT2D eigenvalue weighted by Crippen LogP contribution is 2.01. The van der Waals surface area contributed by atoms with Crippen LogP contribution in [-0.2, 0) is 4.79 Å². The summed E-state index contributed by atoms with van der Waals surface area (Å²) in [6, 6.07) is 0. The second kappa shape index (κ2) is 4.30. The van der Waals surface area contributed by atoms with Gasteiger partial charge in [0.25, 0.3) is 0 Å². The smallest absolute Gasteiger partial charge is 0.142 e. The average molecular weight is 226 g/mol. The first-order valence-corrected chi connectivity index (χ1v) is 4.27. The van der Waals surface area contributed by atoms with Gasteiger partial charge >= 0.3 is 0 Å². The van der Waals surface area contributed by atoms with E-state index in [4.69, 9.17) is 0 Å². The first-order chi connectivity index (χ1) is 3.66. The monoisotopic (exact) mass is 226 g/mol. The third-order valence-corrected chi connectivity index (χ3v) is 1.64. The molecule has 8 heavy (non-hydrogen) atoms. The summed E-state index contributed by atoms with van der Waals surface area (Å²) in [4.78, 5) is 10.6. The van der Waals surface area contributed by atoms with Crippen LogP contribution in [0.2, 0.25) is 0 Å². The lowest BCUT2D eigenvalue weighted by atomic mass is 10.1. The summed E-state index contributed by atoms with van der Waals surface area (Å²) in [5.74, 6) is 0.887. The lowest BCUT2D eigenvalue weighted by molar-refractivity contribution is -0.117. The number of rotatable bonds is 3. The Morgan fingerprint density at radius 3 is 2.25 bits per heavy atom. The third-order valence-electron chi connectivity index (χ3n) is 0.785. The normalized spacial score (nSPS) is 10.0. The molecular weight excluding hydrogens is 215 g/mol. The lowest BCUT2D eigenvalue weighted by Crippen LogP contribution is -2.02.